The van der Waals surface area contributed by atoms with Gasteiger partial charge in [-0.15, -0.1) is 0 Å². The van der Waals surface area contributed by atoms with Gasteiger partial charge in [0.15, 0.2) is 18.9 Å². The summed E-state index contributed by atoms with van der Waals surface area (Å²) in [5, 5.41) is 86.7. The second-order valence-electron chi connectivity index (χ2n) is 24.8. The van der Waals surface area contributed by atoms with Crippen molar-refractivity contribution in [3.05, 3.63) is 53.6 Å². The number of carbonyl (C=O) groups is 2. The van der Waals surface area contributed by atoms with Crippen LogP contribution < -0.4 is 0 Å². The number of esters is 1. The Bertz CT molecular complexity index is 2200. The van der Waals surface area contributed by atoms with Gasteiger partial charge in [0, 0.05) is 17.9 Å². The lowest BCUT2D eigenvalue weighted by Gasteiger charge is -2.71. The van der Waals surface area contributed by atoms with Gasteiger partial charge in [0.2, 0.25) is 0 Å². The van der Waals surface area contributed by atoms with Crippen LogP contribution in [0.25, 0.3) is 6.08 Å². The summed E-state index contributed by atoms with van der Waals surface area (Å²) < 4.78 is 42.8. The van der Waals surface area contributed by atoms with Gasteiger partial charge in [-0.25, -0.2) is 4.79 Å². The molecule has 8 N–H and O–H groups in total. The number of benzene rings is 1. The first-order chi connectivity index (χ1) is 33.8. The molecule has 402 valence electrons. The first kappa shape index (κ1) is 53.9. The molecule has 72 heavy (non-hydrogen) atoms. The highest BCUT2D eigenvalue weighted by Crippen LogP contribution is 2.76. The fraction of sp³-hybridized carbons (Fsp3) is 0.782. The van der Waals surface area contributed by atoms with Crippen LogP contribution in [-0.2, 0) is 42.7 Å². The number of carbonyl (C=O) groups excluding carboxylic acids is 1. The molecule has 0 unspecified atom stereocenters. The number of hydrogen-bond acceptors (Lipinski definition) is 16. The molecule has 5 aliphatic carbocycles. The highest BCUT2D eigenvalue weighted by molar-refractivity contribution is 5.87. The van der Waals surface area contributed by atoms with Crippen LogP contribution in [-0.4, -0.2) is 158 Å². The van der Waals surface area contributed by atoms with E-state index in [0.29, 0.717) is 25.7 Å². The van der Waals surface area contributed by atoms with Gasteiger partial charge < -0.3 is 74.0 Å². The Morgan fingerprint density at radius 3 is 1.94 bits per heavy atom. The first-order valence-corrected chi connectivity index (χ1v) is 26.3. The number of carboxylic acids is 1. The number of aliphatic hydroxyl groups is 7. The van der Waals surface area contributed by atoms with Crippen molar-refractivity contribution in [1.29, 1.82) is 0 Å². The number of fused-ring (bicyclic) bond motifs is 7. The quantitative estimate of drug-likeness (QED) is 0.0705. The maximum absolute atomic E-state index is 13.7. The Labute approximate surface area is 422 Å². The number of hydrogen-bond donors (Lipinski definition) is 8. The molecule has 3 aliphatic heterocycles. The van der Waals surface area contributed by atoms with Gasteiger partial charge in [0.05, 0.1) is 30.8 Å². The first-order valence-electron chi connectivity index (χ1n) is 26.3. The van der Waals surface area contributed by atoms with Gasteiger partial charge in [-0.1, -0.05) is 90.4 Å². The summed E-state index contributed by atoms with van der Waals surface area (Å²) in [7, 11) is 0. The van der Waals surface area contributed by atoms with E-state index in [1.165, 1.54) is 18.6 Å². The number of rotatable bonds is 10. The number of aliphatic carboxylic acids is 1. The van der Waals surface area contributed by atoms with Crippen LogP contribution in [0, 0.1) is 50.2 Å². The van der Waals surface area contributed by atoms with E-state index in [4.69, 9.17) is 33.2 Å². The SMILES string of the molecule is C[C@H]1O[C@H](O[C@H]2[C@H](O[C@H]3[C@H](O[C@H]4CC[C@]5(C)[C@H]6CC=C7[C@@H]8CC(C)(C)[C@H](OC(=O)/C=C/c9ccccc9)C[C@]8(C(=O)O)CC[C@@]7(C)[C@]6(C)CC[C@H]5C4(C)C)OC[C@@H](O)[C@@H]3O)OC[C@@H](O)[C@@H]2O)[C@@H](O)[C@@H](O)[C@@H]1O. The van der Waals surface area contributed by atoms with E-state index in [1.807, 2.05) is 30.3 Å². The van der Waals surface area contributed by atoms with Crippen molar-refractivity contribution in [2.45, 2.75) is 205 Å². The standard InChI is InChI=1S/C55H80O17/c1-28-39(59)42(62)43(63)46(68-28)71-45-41(61)33(57)27-67-48(45)72-44-40(60)32(56)26-66-47(44)70-36-19-20-52(6)34(51(36,4)5)18-21-54(8)35(52)16-15-30-31-24-50(2,3)37(25-55(31,49(64)65)23-22-53(30,54)7)69-38(58)17-14-29-12-10-9-11-13-29/h9-15,17,28,31-37,39-48,56-57,59-63H,16,18-27H2,1-8H3,(H,64,65)/b17-14+/t28-,31+,32-,33-,34+,35-,36+,37-,39-,40+,41+,42+,43+,44-,45-,46-,47+,48+,52+,53-,54-,55-/m1/s1. The molecule has 17 heteroatoms. The summed E-state index contributed by atoms with van der Waals surface area (Å²) in [5.41, 5.74) is -0.407. The normalized spacial score (nSPS) is 48.8. The highest BCUT2D eigenvalue weighted by Gasteiger charge is 2.70. The van der Waals surface area contributed by atoms with E-state index in [-0.39, 0.29) is 59.7 Å². The van der Waals surface area contributed by atoms with E-state index in [2.05, 4.69) is 54.5 Å². The van der Waals surface area contributed by atoms with Crippen molar-refractivity contribution in [2.24, 2.45) is 50.2 Å². The fourth-order valence-electron chi connectivity index (χ4n) is 15.6. The van der Waals surface area contributed by atoms with E-state index < -0.39 is 114 Å². The van der Waals surface area contributed by atoms with Crippen molar-refractivity contribution in [1.82, 2.24) is 0 Å². The molecule has 17 nitrogen and oxygen atoms in total. The molecular weight excluding hydrogens is 933 g/mol. The number of aliphatic hydroxyl groups excluding tert-OH is 7. The number of allylic oxidation sites excluding steroid dienone is 2. The fourth-order valence-corrected chi connectivity index (χ4v) is 15.6. The van der Waals surface area contributed by atoms with Crippen LogP contribution >= 0.6 is 0 Å². The monoisotopic (exact) mass is 1010 g/mol. The molecule has 1 aromatic rings. The van der Waals surface area contributed by atoms with Crippen LogP contribution in [0.3, 0.4) is 0 Å². The zero-order valence-electron chi connectivity index (χ0n) is 43.0. The lowest BCUT2D eigenvalue weighted by atomic mass is 9.33. The molecule has 0 radical (unpaired) electrons. The van der Waals surface area contributed by atoms with Crippen molar-refractivity contribution >= 4 is 18.0 Å². The molecule has 8 aliphatic rings. The van der Waals surface area contributed by atoms with E-state index in [9.17, 15) is 50.4 Å². The average molecular weight is 1010 g/mol. The maximum Gasteiger partial charge on any atom is 0.331 e. The van der Waals surface area contributed by atoms with Gasteiger partial charge in [0.25, 0.3) is 0 Å². The zero-order valence-corrected chi connectivity index (χ0v) is 43.0. The molecule has 7 fully saturated rings. The Balaban J connectivity index is 0.921. The van der Waals surface area contributed by atoms with Crippen LogP contribution in [0.2, 0.25) is 0 Å². The summed E-state index contributed by atoms with van der Waals surface area (Å²) in [5.74, 6) is -1.05. The van der Waals surface area contributed by atoms with Gasteiger partial charge in [-0.2, -0.15) is 0 Å². The zero-order chi connectivity index (χ0) is 52.1. The second-order valence-corrected chi connectivity index (χ2v) is 24.8. The molecule has 0 spiro atoms. The van der Waals surface area contributed by atoms with Crippen LogP contribution in [0.5, 0.6) is 0 Å². The minimum Gasteiger partial charge on any atom is -0.481 e. The van der Waals surface area contributed by atoms with Crippen LogP contribution in [0.15, 0.2) is 48.1 Å². The number of ether oxygens (including phenoxy) is 7. The van der Waals surface area contributed by atoms with Crippen molar-refractivity contribution in [3.8, 4) is 0 Å². The molecule has 3 saturated heterocycles. The molecule has 22 atom stereocenters. The summed E-state index contributed by atoms with van der Waals surface area (Å²) in [6, 6.07) is 9.52. The molecule has 0 amide bonds. The van der Waals surface area contributed by atoms with Crippen molar-refractivity contribution in [2.75, 3.05) is 13.2 Å². The summed E-state index contributed by atoms with van der Waals surface area (Å²) in [6.45, 7) is 16.8. The molecule has 1 aromatic carbocycles. The third-order valence-corrected chi connectivity index (χ3v) is 20.2. The summed E-state index contributed by atoms with van der Waals surface area (Å²) in [4.78, 5) is 27.0. The molecule has 0 bridgehead atoms. The van der Waals surface area contributed by atoms with Crippen LogP contribution in [0.1, 0.15) is 119 Å². The lowest BCUT2D eigenvalue weighted by Crippen LogP contribution is -2.66. The average Bonchev–Trinajstić information content (AvgIpc) is 3.32. The molecular formula is C55H80O17. The summed E-state index contributed by atoms with van der Waals surface area (Å²) in [6.07, 6.45) is -8.19. The molecule has 9 rings (SSSR count). The largest absolute Gasteiger partial charge is 0.481 e. The Morgan fingerprint density at radius 1 is 0.681 bits per heavy atom. The van der Waals surface area contributed by atoms with Gasteiger partial charge in [0.1, 0.15) is 61.0 Å². The van der Waals surface area contributed by atoms with Gasteiger partial charge in [-0.05, 0) is 109 Å². The van der Waals surface area contributed by atoms with E-state index in [0.717, 1.165) is 31.2 Å². The molecule has 0 aromatic heterocycles. The van der Waals surface area contributed by atoms with E-state index >= 15 is 0 Å². The lowest BCUT2D eigenvalue weighted by molar-refractivity contribution is -0.382. The predicted octanol–water partition coefficient (Wildman–Crippen LogP) is 4.25. The topological polar surface area (TPSA) is 261 Å². The second kappa shape index (κ2) is 19.6. The Morgan fingerprint density at radius 2 is 1.31 bits per heavy atom. The molecule has 3 heterocycles. The Kier molecular flexibility index (Phi) is 14.7. The van der Waals surface area contributed by atoms with Crippen molar-refractivity contribution < 1.29 is 83.6 Å². The van der Waals surface area contributed by atoms with Gasteiger partial charge >= 0.3 is 11.9 Å². The minimum atomic E-state index is -1.74. The number of carboxylic acid groups (broad SMARTS) is 1. The minimum absolute atomic E-state index is 0.134. The maximum atomic E-state index is 13.7. The van der Waals surface area contributed by atoms with Gasteiger partial charge in [-0.3, -0.25) is 4.79 Å². The van der Waals surface area contributed by atoms with Crippen LogP contribution in [0.4, 0.5) is 0 Å². The molecule has 4 saturated carbocycles. The summed E-state index contributed by atoms with van der Waals surface area (Å²) >= 11 is 0. The third-order valence-electron chi connectivity index (χ3n) is 20.2. The van der Waals surface area contributed by atoms with E-state index in [1.54, 1.807) is 6.08 Å². The highest BCUT2D eigenvalue weighted by atomic mass is 16.8. The predicted molar refractivity (Wildman–Crippen MR) is 258 cm³/mol. The smallest absolute Gasteiger partial charge is 0.331 e. The third kappa shape index (κ3) is 8.95. The van der Waals surface area contributed by atoms with Crippen molar-refractivity contribution in [3.63, 3.8) is 0 Å². The Hall–Kier alpha value is -2.88.